The van der Waals surface area contributed by atoms with E-state index in [1.54, 1.807) is 17.9 Å². The number of nitrogens with one attached hydrogen (secondary N) is 1. The molecule has 0 aliphatic rings. The second kappa shape index (κ2) is 4.84. The number of aromatic nitrogens is 4. The first-order valence-electron chi connectivity index (χ1n) is 5.39. The fourth-order valence-electron chi connectivity index (χ4n) is 1.58. The zero-order valence-corrected chi connectivity index (χ0v) is 9.91. The number of fused-ring (bicyclic) bond motifs is 1. The second-order valence-electron chi connectivity index (χ2n) is 4.11. The molecule has 4 N–H and O–H groups in total. The van der Waals surface area contributed by atoms with E-state index in [4.69, 9.17) is 0 Å². The Kier molecular flexibility index (Phi) is 3.41. The predicted octanol–water partition coefficient (Wildman–Crippen LogP) is -1.51. The van der Waals surface area contributed by atoms with Crippen LogP contribution >= 0.6 is 0 Å². The molecule has 98 valence electrons. The highest BCUT2D eigenvalue weighted by molar-refractivity contribution is 5.86. The maximum atomic E-state index is 9.27. The molecule has 0 fully saturated rings. The van der Waals surface area contributed by atoms with Crippen molar-refractivity contribution in [2.45, 2.75) is 5.54 Å². The molecule has 0 unspecified atom stereocenters. The smallest absolute Gasteiger partial charge is 0.163 e. The number of nitrogens with zero attached hydrogens (tertiary/aromatic N) is 4. The van der Waals surface area contributed by atoms with Crippen LogP contribution in [0.25, 0.3) is 11.0 Å². The summed E-state index contributed by atoms with van der Waals surface area (Å²) >= 11 is 0. The zero-order chi connectivity index (χ0) is 13.2. The lowest BCUT2D eigenvalue weighted by atomic mass is 10.0. The lowest BCUT2D eigenvalue weighted by molar-refractivity contribution is 0.0832. The van der Waals surface area contributed by atoms with Crippen LogP contribution in [-0.2, 0) is 7.05 Å². The van der Waals surface area contributed by atoms with Crippen molar-refractivity contribution < 1.29 is 15.3 Å². The van der Waals surface area contributed by atoms with E-state index < -0.39 is 25.4 Å². The average molecular weight is 253 g/mol. The highest BCUT2D eigenvalue weighted by atomic mass is 16.3. The lowest BCUT2D eigenvalue weighted by Gasteiger charge is -2.29. The average Bonchev–Trinajstić information content (AvgIpc) is 2.79. The number of hydrogen-bond acceptors (Lipinski definition) is 7. The Morgan fingerprint density at radius 1 is 1.22 bits per heavy atom. The van der Waals surface area contributed by atoms with Crippen molar-refractivity contribution in [1.82, 2.24) is 19.7 Å². The third kappa shape index (κ3) is 2.01. The Hall–Kier alpha value is -1.77. The quantitative estimate of drug-likeness (QED) is 0.512. The van der Waals surface area contributed by atoms with Gasteiger partial charge in [0.2, 0.25) is 0 Å². The van der Waals surface area contributed by atoms with Gasteiger partial charge in [-0.05, 0) is 0 Å². The Bertz CT molecular complexity index is 529. The molecule has 8 heteroatoms. The van der Waals surface area contributed by atoms with Crippen LogP contribution in [0.1, 0.15) is 0 Å². The van der Waals surface area contributed by atoms with E-state index in [1.165, 1.54) is 6.33 Å². The Morgan fingerprint density at radius 2 is 1.89 bits per heavy atom. The van der Waals surface area contributed by atoms with Crippen LogP contribution in [0.15, 0.2) is 12.5 Å². The highest BCUT2D eigenvalue weighted by Gasteiger charge is 2.29. The van der Waals surface area contributed by atoms with E-state index in [1.807, 2.05) is 0 Å². The van der Waals surface area contributed by atoms with Crippen molar-refractivity contribution in [3.05, 3.63) is 12.5 Å². The molecule has 0 aliphatic carbocycles. The molecule has 2 heterocycles. The van der Waals surface area contributed by atoms with Gasteiger partial charge in [-0.15, -0.1) is 0 Å². The first-order valence-corrected chi connectivity index (χ1v) is 5.39. The monoisotopic (exact) mass is 253 g/mol. The summed E-state index contributed by atoms with van der Waals surface area (Å²) < 4.78 is 1.58. The molecule has 2 rings (SSSR count). The summed E-state index contributed by atoms with van der Waals surface area (Å²) in [5, 5.41) is 35.4. The summed E-state index contributed by atoms with van der Waals surface area (Å²) in [5.74, 6) is 0.408. The molecule has 0 bridgehead atoms. The van der Waals surface area contributed by atoms with Crippen molar-refractivity contribution in [3.63, 3.8) is 0 Å². The van der Waals surface area contributed by atoms with E-state index in [0.717, 1.165) is 0 Å². The minimum absolute atomic E-state index is 0.408. The van der Waals surface area contributed by atoms with Crippen LogP contribution in [0.2, 0.25) is 0 Å². The van der Waals surface area contributed by atoms with Gasteiger partial charge in [-0.3, -0.25) is 4.68 Å². The van der Waals surface area contributed by atoms with E-state index in [0.29, 0.717) is 16.9 Å². The standard InChI is InChI=1S/C10H15N5O3/c1-15-9-7(2-13-15)8(11-6-12-9)14-10(3-16,4-17)5-18/h2,6,16-18H,3-5H2,1H3,(H,11,12,14). The first-order chi connectivity index (χ1) is 8.65. The third-order valence-corrected chi connectivity index (χ3v) is 2.82. The molecule has 0 aromatic carbocycles. The van der Waals surface area contributed by atoms with Crippen molar-refractivity contribution >= 4 is 16.9 Å². The molecule has 2 aromatic heterocycles. The second-order valence-corrected chi connectivity index (χ2v) is 4.11. The fraction of sp³-hybridized carbons (Fsp3) is 0.500. The molecule has 0 aliphatic heterocycles. The number of anilines is 1. The minimum atomic E-state index is -1.23. The minimum Gasteiger partial charge on any atom is -0.394 e. The maximum Gasteiger partial charge on any atom is 0.163 e. The summed E-state index contributed by atoms with van der Waals surface area (Å²) in [6, 6.07) is 0. The summed E-state index contributed by atoms with van der Waals surface area (Å²) in [7, 11) is 1.75. The van der Waals surface area contributed by atoms with Crippen LogP contribution in [-0.4, -0.2) is 60.4 Å². The number of hydrogen-bond donors (Lipinski definition) is 4. The fourth-order valence-corrected chi connectivity index (χ4v) is 1.58. The molecule has 2 aromatic rings. The molecular formula is C10H15N5O3. The van der Waals surface area contributed by atoms with Gasteiger partial charge in [0.1, 0.15) is 17.7 Å². The van der Waals surface area contributed by atoms with Gasteiger partial charge < -0.3 is 20.6 Å². The summed E-state index contributed by atoms with van der Waals surface area (Å²) in [4.78, 5) is 8.11. The van der Waals surface area contributed by atoms with E-state index >= 15 is 0 Å². The van der Waals surface area contributed by atoms with Crippen molar-refractivity contribution in [1.29, 1.82) is 0 Å². The predicted molar refractivity (Wildman–Crippen MR) is 63.9 cm³/mol. The van der Waals surface area contributed by atoms with Crippen LogP contribution in [0.4, 0.5) is 5.82 Å². The largest absolute Gasteiger partial charge is 0.394 e. The molecule has 0 saturated carbocycles. The Morgan fingerprint density at radius 3 is 2.50 bits per heavy atom. The SMILES string of the molecule is Cn1ncc2c(NC(CO)(CO)CO)ncnc21. The van der Waals surface area contributed by atoms with Crippen molar-refractivity contribution in [3.8, 4) is 0 Å². The van der Waals surface area contributed by atoms with E-state index in [9.17, 15) is 15.3 Å². The van der Waals surface area contributed by atoms with Gasteiger partial charge in [0.15, 0.2) is 5.65 Å². The molecular weight excluding hydrogens is 238 g/mol. The molecule has 18 heavy (non-hydrogen) atoms. The third-order valence-electron chi connectivity index (χ3n) is 2.82. The zero-order valence-electron chi connectivity index (χ0n) is 9.91. The molecule has 0 amide bonds. The summed E-state index contributed by atoms with van der Waals surface area (Å²) in [5.41, 5.74) is -0.605. The van der Waals surface area contributed by atoms with Gasteiger partial charge in [0.25, 0.3) is 0 Å². The van der Waals surface area contributed by atoms with Gasteiger partial charge in [-0.25, -0.2) is 9.97 Å². The Balaban J connectivity index is 2.42. The Labute approximate surface area is 103 Å². The van der Waals surface area contributed by atoms with Crippen molar-refractivity contribution in [2.24, 2.45) is 7.05 Å². The summed E-state index contributed by atoms with van der Waals surface area (Å²) in [6.07, 6.45) is 2.93. The number of aryl methyl sites for hydroxylation is 1. The molecule has 0 spiro atoms. The molecule has 0 saturated heterocycles. The lowest BCUT2D eigenvalue weighted by Crippen LogP contribution is -2.49. The maximum absolute atomic E-state index is 9.27. The first kappa shape index (κ1) is 12.7. The van der Waals surface area contributed by atoms with Crippen LogP contribution < -0.4 is 5.32 Å². The topological polar surface area (TPSA) is 116 Å². The van der Waals surface area contributed by atoms with Gasteiger partial charge >= 0.3 is 0 Å². The van der Waals surface area contributed by atoms with E-state index in [2.05, 4.69) is 20.4 Å². The molecule has 0 radical (unpaired) electrons. The van der Waals surface area contributed by atoms with Crippen molar-refractivity contribution in [2.75, 3.05) is 25.1 Å². The highest BCUT2D eigenvalue weighted by Crippen LogP contribution is 2.21. The normalized spacial score (nSPS) is 12.0. The summed E-state index contributed by atoms with van der Waals surface area (Å²) in [6.45, 7) is -1.27. The van der Waals surface area contributed by atoms with Crippen LogP contribution in [0.3, 0.4) is 0 Å². The number of aliphatic hydroxyl groups is 3. The van der Waals surface area contributed by atoms with Crippen LogP contribution in [0.5, 0.6) is 0 Å². The number of aliphatic hydroxyl groups excluding tert-OH is 3. The molecule has 8 nitrogen and oxygen atoms in total. The van der Waals surface area contributed by atoms with Gasteiger partial charge in [-0.1, -0.05) is 0 Å². The van der Waals surface area contributed by atoms with Crippen LogP contribution in [0, 0.1) is 0 Å². The van der Waals surface area contributed by atoms with Gasteiger partial charge in [0, 0.05) is 7.05 Å². The van der Waals surface area contributed by atoms with Gasteiger partial charge in [-0.2, -0.15) is 5.10 Å². The number of rotatable bonds is 5. The van der Waals surface area contributed by atoms with E-state index in [-0.39, 0.29) is 0 Å². The van der Waals surface area contributed by atoms with Gasteiger partial charge in [0.05, 0.1) is 31.4 Å². The molecule has 0 atom stereocenters.